The Labute approximate surface area is 127 Å². The molecule has 3 rings (SSSR count). The maximum Gasteiger partial charge on any atom is 0.255 e. The summed E-state index contributed by atoms with van der Waals surface area (Å²) in [5.41, 5.74) is 1.31. The maximum atomic E-state index is 12.5. The molecular weight excluding hydrogens is 282 g/mol. The molecule has 2 heterocycles. The zero-order chi connectivity index (χ0) is 15.7. The number of carbonyl (C=O) groups excluding carboxylic acids is 2. The Kier molecular flexibility index (Phi) is 3.77. The van der Waals surface area contributed by atoms with Crippen LogP contribution in [-0.4, -0.2) is 52.0 Å². The molecule has 0 aliphatic carbocycles. The van der Waals surface area contributed by atoms with Crippen LogP contribution < -0.4 is 5.32 Å². The Balaban J connectivity index is 1.79. The lowest BCUT2D eigenvalue weighted by atomic mass is 10.1. The van der Waals surface area contributed by atoms with Crippen LogP contribution in [0.5, 0.6) is 0 Å². The van der Waals surface area contributed by atoms with Crippen LogP contribution in [0.2, 0.25) is 0 Å². The van der Waals surface area contributed by atoms with Gasteiger partial charge in [-0.3, -0.25) is 14.6 Å². The quantitative estimate of drug-likeness (QED) is 0.848. The van der Waals surface area contributed by atoms with Crippen LogP contribution in [0.4, 0.5) is 0 Å². The zero-order valence-electron chi connectivity index (χ0n) is 12.2. The topological polar surface area (TPSA) is 82.5 Å². The van der Waals surface area contributed by atoms with E-state index in [9.17, 15) is 14.7 Å². The molecule has 1 aliphatic rings. The second-order valence-corrected chi connectivity index (χ2v) is 5.50. The molecule has 6 heteroatoms. The second-order valence-electron chi connectivity index (χ2n) is 5.50. The van der Waals surface area contributed by atoms with Crippen LogP contribution >= 0.6 is 0 Å². The van der Waals surface area contributed by atoms with Crippen LogP contribution in [0.3, 0.4) is 0 Å². The summed E-state index contributed by atoms with van der Waals surface area (Å²) >= 11 is 0. The maximum absolute atomic E-state index is 12.5. The molecule has 1 aromatic carbocycles. The second kappa shape index (κ2) is 5.73. The number of aliphatic hydroxyl groups excluding tert-OH is 1. The van der Waals surface area contributed by atoms with Gasteiger partial charge in [0.1, 0.15) is 0 Å². The van der Waals surface area contributed by atoms with Gasteiger partial charge in [-0.05, 0) is 12.1 Å². The molecule has 0 unspecified atom stereocenters. The lowest BCUT2D eigenvalue weighted by Crippen LogP contribution is -2.41. The number of β-amino-alcohol motifs (C(OH)–C–C–N with tert-alkyl or cyclic N) is 1. The van der Waals surface area contributed by atoms with Crippen molar-refractivity contribution in [1.29, 1.82) is 0 Å². The number of rotatable bonds is 2. The van der Waals surface area contributed by atoms with Crippen molar-refractivity contribution < 1.29 is 14.7 Å². The van der Waals surface area contributed by atoms with E-state index in [1.54, 1.807) is 12.3 Å². The van der Waals surface area contributed by atoms with Gasteiger partial charge in [0.2, 0.25) is 5.91 Å². The van der Waals surface area contributed by atoms with E-state index in [-0.39, 0.29) is 18.4 Å². The van der Waals surface area contributed by atoms with Crippen molar-refractivity contribution in [2.24, 2.45) is 0 Å². The van der Waals surface area contributed by atoms with E-state index in [1.165, 1.54) is 11.8 Å². The predicted octanol–water partition coefficient (Wildman–Crippen LogP) is 0.556. The Morgan fingerprint density at radius 1 is 1.32 bits per heavy atom. The van der Waals surface area contributed by atoms with Crippen molar-refractivity contribution in [1.82, 2.24) is 15.2 Å². The molecule has 0 radical (unpaired) electrons. The summed E-state index contributed by atoms with van der Waals surface area (Å²) in [7, 11) is 0. The molecule has 1 aliphatic heterocycles. The molecule has 114 valence electrons. The fourth-order valence-electron chi connectivity index (χ4n) is 2.73. The van der Waals surface area contributed by atoms with Crippen LogP contribution in [0.25, 0.3) is 10.9 Å². The first-order chi connectivity index (χ1) is 10.5. The van der Waals surface area contributed by atoms with Crippen LogP contribution in [-0.2, 0) is 4.79 Å². The van der Waals surface area contributed by atoms with Gasteiger partial charge < -0.3 is 15.3 Å². The summed E-state index contributed by atoms with van der Waals surface area (Å²) in [6.07, 6.45) is 0.796. The Morgan fingerprint density at radius 2 is 2.09 bits per heavy atom. The highest BCUT2D eigenvalue weighted by molar-refractivity contribution is 5.97. The molecule has 1 saturated heterocycles. The van der Waals surface area contributed by atoms with Gasteiger partial charge in [0, 0.05) is 31.6 Å². The number of para-hydroxylation sites is 1. The Hall–Kier alpha value is -2.47. The number of hydrogen-bond acceptors (Lipinski definition) is 4. The lowest BCUT2D eigenvalue weighted by molar-refractivity contribution is -0.120. The Morgan fingerprint density at radius 3 is 2.86 bits per heavy atom. The number of fused-ring (bicyclic) bond motifs is 1. The number of pyridine rings is 1. The summed E-state index contributed by atoms with van der Waals surface area (Å²) in [6.45, 7) is 1.90. The third-order valence-electron chi connectivity index (χ3n) is 3.80. The minimum absolute atomic E-state index is 0.190. The minimum Gasteiger partial charge on any atom is -0.389 e. The number of aromatic nitrogens is 1. The zero-order valence-corrected chi connectivity index (χ0v) is 12.2. The van der Waals surface area contributed by atoms with E-state index >= 15 is 0 Å². The molecule has 2 N–H and O–H groups in total. The lowest BCUT2D eigenvalue weighted by Gasteiger charge is -2.16. The Bertz CT molecular complexity index is 731. The van der Waals surface area contributed by atoms with Gasteiger partial charge in [-0.2, -0.15) is 0 Å². The van der Waals surface area contributed by atoms with Gasteiger partial charge in [-0.25, -0.2) is 0 Å². The third-order valence-corrected chi connectivity index (χ3v) is 3.80. The van der Waals surface area contributed by atoms with Crippen molar-refractivity contribution in [2.75, 3.05) is 13.1 Å². The normalized spacial score (nSPS) is 21.1. The first-order valence-electron chi connectivity index (χ1n) is 7.14. The summed E-state index contributed by atoms with van der Waals surface area (Å²) < 4.78 is 0. The van der Waals surface area contributed by atoms with Crippen molar-refractivity contribution in [3.05, 3.63) is 42.1 Å². The van der Waals surface area contributed by atoms with Crippen molar-refractivity contribution in [2.45, 2.75) is 19.1 Å². The van der Waals surface area contributed by atoms with Gasteiger partial charge in [-0.15, -0.1) is 0 Å². The number of nitrogens with zero attached hydrogens (tertiary/aromatic N) is 2. The fraction of sp³-hybridized carbons (Fsp3) is 0.312. The van der Waals surface area contributed by atoms with E-state index in [0.717, 1.165) is 10.9 Å². The number of carbonyl (C=O) groups is 2. The van der Waals surface area contributed by atoms with E-state index in [2.05, 4.69) is 10.3 Å². The minimum atomic E-state index is -0.749. The van der Waals surface area contributed by atoms with Gasteiger partial charge in [0.05, 0.1) is 23.2 Å². The number of nitrogens with one attached hydrogen (secondary N) is 1. The van der Waals surface area contributed by atoms with Gasteiger partial charge in [-0.1, -0.05) is 18.2 Å². The van der Waals surface area contributed by atoms with Crippen molar-refractivity contribution >= 4 is 22.7 Å². The van der Waals surface area contributed by atoms with E-state index in [1.807, 2.05) is 24.3 Å². The molecule has 0 spiro atoms. The average molecular weight is 299 g/mol. The van der Waals surface area contributed by atoms with Crippen LogP contribution in [0, 0.1) is 0 Å². The van der Waals surface area contributed by atoms with E-state index in [0.29, 0.717) is 12.1 Å². The summed E-state index contributed by atoms with van der Waals surface area (Å²) in [6, 6.07) is 8.95. The number of likely N-dealkylation sites (tertiary alicyclic amines) is 1. The molecule has 6 nitrogen and oxygen atoms in total. The molecule has 2 aromatic rings. The van der Waals surface area contributed by atoms with Gasteiger partial charge in [0.15, 0.2) is 0 Å². The summed E-state index contributed by atoms with van der Waals surface area (Å²) in [4.78, 5) is 29.5. The third kappa shape index (κ3) is 2.78. The molecule has 0 saturated carbocycles. The van der Waals surface area contributed by atoms with E-state index in [4.69, 9.17) is 0 Å². The highest BCUT2D eigenvalue weighted by atomic mass is 16.3. The van der Waals surface area contributed by atoms with Crippen LogP contribution in [0.15, 0.2) is 36.5 Å². The fourth-order valence-corrected chi connectivity index (χ4v) is 2.73. The molecule has 1 aromatic heterocycles. The van der Waals surface area contributed by atoms with Crippen molar-refractivity contribution in [3.63, 3.8) is 0 Å². The average Bonchev–Trinajstić information content (AvgIpc) is 2.86. The predicted molar refractivity (Wildman–Crippen MR) is 81.3 cm³/mol. The molecule has 1 fully saturated rings. The smallest absolute Gasteiger partial charge is 0.255 e. The van der Waals surface area contributed by atoms with Gasteiger partial charge in [0.25, 0.3) is 5.91 Å². The largest absolute Gasteiger partial charge is 0.389 e. The van der Waals surface area contributed by atoms with E-state index < -0.39 is 12.1 Å². The number of hydrogen-bond donors (Lipinski definition) is 2. The van der Waals surface area contributed by atoms with Crippen molar-refractivity contribution in [3.8, 4) is 0 Å². The molecule has 0 bridgehead atoms. The highest BCUT2D eigenvalue weighted by Crippen LogP contribution is 2.17. The molecule has 2 amide bonds. The summed E-state index contributed by atoms with van der Waals surface area (Å²) in [5, 5.41) is 13.5. The number of amides is 2. The highest BCUT2D eigenvalue weighted by Gasteiger charge is 2.34. The van der Waals surface area contributed by atoms with Gasteiger partial charge >= 0.3 is 0 Å². The molecule has 2 atom stereocenters. The molecular formula is C16H17N3O3. The first-order valence-corrected chi connectivity index (χ1v) is 7.14. The summed E-state index contributed by atoms with van der Waals surface area (Å²) in [5.74, 6) is -0.407. The molecule has 22 heavy (non-hydrogen) atoms. The first kappa shape index (κ1) is 14.5. The number of benzene rings is 1. The monoisotopic (exact) mass is 299 g/mol. The number of aliphatic hydroxyl groups is 1. The van der Waals surface area contributed by atoms with Crippen LogP contribution in [0.1, 0.15) is 17.3 Å². The standard InChI is InChI=1S/C16H17N3O3/c1-10(20)18-14-8-19(9-15(14)21)16(22)12-6-11-4-2-3-5-13(11)17-7-12/h2-7,14-15,21H,8-9H2,1H3,(H,18,20)/t14-,15-/m1/s1. The SMILES string of the molecule is CC(=O)N[C@@H]1CN(C(=O)c2cnc3ccccc3c2)C[C@H]1O.